The summed E-state index contributed by atoms with van der Waals surface area (Å²) in [5.74, 6) is 0.459. The van der Waals surface area contributed by atoms with E-state index in [2.05, 4.69) is 4.74 Å². The Labute approximate surface area is 103 Å². The third-order valence-corrected chi connectivity index (χ3v) is 3.11. The van der Waals surface area contributed by atoms with E-state index in [1.54, 1.807) is 0 Å². The highest BCUT2D eigenvalue weighted by atomic mass is 16.5. The molecule has 0 heterocycles. The lowest BCUT2D eigenvalue weighted by atomic mass is 9.86. The lowest BCUT2D eigenvalue weighted by molar-refractivity contribution is -0.134. The summed E-state index contributed by atoms with van der Waals surface area (Å²) in [5.41, 5.74) is 0.909. The zero-order valence-corrected chi connectivity index (χ0v) is 10.6. The third kappa shape index (κ3) is 4.98. The van der Waals surface area contributed by atoms with Crippen molar-refractivity contribution < 1.29 is 14.3 Å². The first-order chi connectivity index (χ1) is 8.13. The number of ketones is 1. The van der Waals surface area contributed by atoms with Gasteiger partial charge in [0.25, 0.3) is 0 Å². The predicted molar refractivity (Wildman–Crippen MR) is 66.5 cm³/mol. The SMILES string of the molecule is COC(=O)/C=C\CCCC1CC=C(C)C(=O)C1. The van der Waals surface area contributed by atoms with Crippen LogP contribution in [0.2, 0.25) is 0 Å². The summed E-state index contributed by atoms with van der Waals surface area (Å²) in [5, 5.41) is 0. The predicted octanol–water partition coefficient (Wildman–Crippen LogP) is 2.81. The number of unbranched alkanes of at least 4 members (excludes halogenated alkanes) is 1. The van der Waals surface area contributed by atoms with E-state index >= 15 is 0 Å². The minimum atomic E-state index is -0.309. The molecular formula is C14H20O3. The topological polar surface area (TPSA) is 43.4 Å². The summed E-state index contributed by atoms with van der Waals surface area (Å²) >= 11 is 0. The van der Waals surface area contributed by atoms with Gasteiger partial charge in [0, 0.05) is 12.5 Å². The second-order valence-corrected chi connectivity index (χ2v) is 4.47. The third-order valence-electron chi connectivity index (χ3n) is 3.11. The number of carbonyl (C=O) groups is 2. The largest absolute Gasteiger partial charge is 0.466 e. The van der Waals surface area contributed by atoms with Crippen molar-refractivity contribution in [2.75, 3.05) is 7.11 Å². The lowest BCUT2D eigenvalue weighted by Crippen LogP contribution is -2.14. The van der Waals surface area contributed by atoms with Crippen LogP contribution in [0.15, 0.2) is 23.8 Å². The smallest absolute Gasteiger partial charge is 0.330 e. The van der Waals surface area contributed by atoms with Crippen molar-refractivity contribution in [2.45, 2.75) is 39.0 Å². The van der Waals surface area contributed by atoms with Gasteiger partial charge in [0.1, 0.15) is 0 Å². The standard InChI is InChI=1S/C14H20O3/c1-11-8-9-12(10-13(11)15)6-4-3-5-7-14(16)17-2/h5,7-8,12H,3-4,6,9-10H2,1-2H3/b7-5-. The highest BCUT2D eigenvalue weighted by molar-refractivity contribution is 5.95. The summed E-state index contributed by atoms with van der Waals surface area (Å²) in [6.45, 7) is 1.89. The van der Waals surface area contributed by atoms with Gasteiger partial charge in [-0.05, 0) is 44.1 Å². The fourth-order valence-electron chi connectivity index (χ4n) is 1.96. The lowest BCUT2D eigenvalue weighted by Gasteiger charge is -2.18. The van der Waals surface area contributed by atoms with Gasteiger partial charge in [-0.2, -0.15) is 0 Å². The molecule has 94 valence electrons. The van der Waals surface area contributed by atoms with Crippen LogP contribution in [0, 0.1) is 5.92 Å². The van der Waals surface area contributed by atoms with Gasteiger partial charge in [-0.15, -0.1) is 0 Å². The molecule has 0 aromatic carbocycles. The monoisotopic (exact) mass is 236 g/mol. The molecule has 1 atom stereocenters. The number of allylic oxidation sites excluding steroid dienone is 3. The molecule has 0 fully saturated rings. The molecule has 1 unspecified atom stereocenters. The summed E-state index contributed by atoms with van der Waals surface area (Å²) in [6.07, 6.45) is 9.94. The normalized spacial score (nSPS) is 20.5. The maximum atomic E-state index is 11.5. The highest BCUT2D eigenvalue weighted by Crippen LogP contribution is 2.24. The van der Waals surface area contributed by atoms with Gasteiger partial charge in [-0.3, -0.25) is 4.79 Å². The molecule has 0 saturated heterocycles. The fraction of sp³-hybridized carbons (Fsp3) is 0.571. The van der Waals surface area contributed by atoms with E-state index in [0.717, 1.165) is 31.3 Å². The Morgan fingerprint density at radius 2 is 2.35 bits per heavy atom. The van der Waals surface area contributed by atoms with Crippen LogP contribution in [0.5, 0.6) is 0 Å². The van der Waals surface area contributed by atoms with Crippen molar-refractivity contribution >= 4 is 11.8 Å². The van der Waals surface area contributed by atoms with E-state index < -0.39 is 0 Å². The highest BCUT2D eigenvalue weighted by Gasteiger charge is 2.18. The minimum Gasteiger partial charge on any atom is -0.466 e. The molecule has 3 heteroatoms. The Morgan fingerprint density at radius 1 is 1.59 bits per heavy atom. The van der Waals surface area contributed by atoms with Crippen molar-refractivity contribution in [2.24, 2.45) is 5.92 Å². The number of Topliss-reactive ketones (excluding diaryl/α,β-unsaturated/α-hetero) is 1. The van der Waals surface area contributed by atoms with E-state index in [-0.39, 0.29) is 11.8 Å². The second-order valence-electron chi connectivity index (χ2n) is 4.47. The molecule has 0 amide bonds. The summed E-state index contributed by atoms with van der Waals surface area (Å²) in [7, 11) is 1.37. The molecule has 0 bridgehead atoms. The molecule has 0 aromatic heterocycles. The molecule has 1 aliphatic carbocycles. The number of carbonyl (C=O) groups excluding carboxylic acids is 2. The Bertz CT molecular complexity index is 339. The van der Waals surface area contributed by atoms with Gasteiger partial charge < -0.3 is 4.74 Å². The first-order valence-corrected chi connectivity index (χ1v) is 6.08. The quantitative estimate of drug-likeness (QED) is 0.419. The van der Waals surface area contributed by atoms with Gasteiger partial charge in [0.2, 0.25) is 0 Å². The van der Waals surface area contributed by atoms with Crippen LogP contribution in [-0.2, 0) is 14.3 Å². The van der Waals surface area contributed by atoms with Crippen LogP contribution in [0.25, 0.3) is 0 Å². The van der Waals surface area contributed by atoms with Crippen LogP contribution in [0.4, 0.5) is 0 Å². The number of hydrogen-bond donors (Lipinski definition) is 0. The average Bonchev–Trinajstić information content (AvgIpc) is 2.33. The van der Waals surface area contributed by atoms with Crippen LogP contribution < -0.4 is 0 Å². The average molecular weight is 236 g/mol. The Morgan fingerprint density at radius 3 is 3.00 bits per heavy atom. The van der Waals surface area contributed by atoms with Gasteiger partial charge in [-0.1, -0.05) is 12.2 Å². The molecule has 0 aromatic rings. The molecular weight excluding hydrogens is 216 g/mol. The summed E-state index contributed by atoms with van der Waals surface area (Å²) in [4.78, 5) is 22.3. The van der Waals surface area contributed by atoms with E-state index in [9.17, 15) is 9.59 Å². The first-order valence-electron chi connectivity index (χ1n) is 6.08. The Hall–Kier alpha value is -1.38. The molecule has 1 rings (SSSR count). The molecule has 0 N–H and O–H groups in total. The van der Waals surface area contributed by atoms with Gasteiger partial charge in [-0.25, -0.2) is 4.79 Å². The van der Waals surface area contributed by atoms with Crippen LogP contribution in [0.1, 0.15) is 39.0 Å². The Kier molecular flexibility index (Phi) is 5.67. The van der Waals surface area contributed by atoms with Gasteiger partial charge in [0.05, 0.1) is 7.11 Å². The molecule has 0 radical (unpaired) electrons. The molecule has 0 aliphatic heterocycles. The van der Waals surface area contributed by atoms with Crippen molar-refractivity contribution in [1.82, 2.24) is 0 Å². The van der Waals surface area contributed by atoms with Crippen LogP contribution >= 0.6 is 0 Å². The second kappa shape index (κ2) is 7.05. The minimum absolute atomic E-state index is 0.284. The summed E-state index contributed by atoms with van der Waals surface area (Å²) in [6, 6.07) is 0. The number of rotatable bonds is 5. The number of methoxy groups -OCH3 is 1. The fourth-order valence-corrected chi connectivity index (χ4v) is 1.96. The maximum absolute atomic E-state index is 11.5. The first kappa shape index (κ1) is 13.7. The number of ether oxygens (including phenoxy) is 1. The molecule has 0 spiro atoms. The van der Waals surface area contributed by atoms with Crippen molar-refractivity contribution in [3.05, 3.63) is 23.8 Å². The van der Waals surface area contributed by atoms with Crippen molar-refractivity contribution in [3.8, 4) is 0 Å². The van der Waals surface area contributed by atoms with Gasteiger partial charge >= 0.3 is 5.97 Å². The molecule has 17 heavy (non-hydrogen) atoms. The van der Waals surface area contributed by atoms with Crippen LogP contribution in [-0.4, -0.2) is 18.9 Å². The van der Waals surface area contributed by atoms with Crippen molar-refractivity contribution in [3.63, 3.8) is 0 Å². The maximum Gasteiger partial charge on any atom is 0.330 e. The molecule has 0 saturated carbocycles. The molecule has 3 nitrogen and oxygen atoms in total. The van der Waals surface area contributed by atoms with E-state index in [0.29, 0.717) is 12.3 Å². The van der Waals surface area contributed by atoms with Crippen LogP contribution in [0.3, 0.4) is 0 Å². The Balaban J connectivity index is 2.18. The zero-order valence-electron chi connectivity index (χ0n) is 10.6. The zero-order chi connectivity index (χ0) is 12.7. The van der Waals surface area contributed by atoms with E-state index in [4.69, 9.17) is 0 Å². The van der Waals surface area contributed by atoms with Gasteiger partial charge in [0.15, 0.2) is 5.78 Å². The number of esters is 1. The number of hydrogen-bond acceptors (Lipinski definition) is 3. The van der Waals surface area contributed by atoms with Crippen molar-refractivity contribution in [1.29, 1.82) is 0 Å². The van der Waals surface area contributed by atoms with E-state index in [1.165, 1.54) is 13.2 Å². The molecule has 1 aliphatic rings. The summed E-state index contributed by atoms with van der Waals surface area (Å²) < 4.78 is 4.49. The van der Waals surface area contributed by atoms with E-state index in [1.807, 2.05) is 19.1 Å².